The van der Waals surface area contributed by atoms with Crippen LogP contribution in [0.4, 0.5) is 0 Å². The molecular formula is C27H30N2O. The minimum absolute atomic E-state index is 0.126. The van der Waals surface area contributed by atoms with Gasteiger partial charge < -0.3 is 4.42 Å². The Hall–Kier alpha value is -2.94. The summed E-state index contributed by atoms with van der Waals surface area (Å²) in [6.07, 6.45) is 17.1. The topological polar surface area (TPSA) is 38.9 Å². The Morgan fingerprint density at radius 1 is 0.900 bits per heavy atom. The summed E-state index contributed by atoms with van der Waals surface area (Å²) in [5.41, 5.74) is 4.81. The first-order chi connectivity index (χ1) is 14.4. The zero-order valence-electron chi connectivity index (χ0n) is 18.3. The lowest BCUT2D eigenvalue weighted by atomic mass is 9.85. The van der Waals surface area contributed by atoms with Gasteiger partial charge >= 0.3 is 0 Å². The van der Waals surface area contributed by atoms with Gasteiger partial charge in [-0.2, -0.15) is 0 Å². The van der Waals surface area contributed by atoms with Crippen molar-refractivity contribution in [2.24, 2.45) is 11.3 Å². The number of nitrogens with zero attached hydrogens (tertiary/aromatic N) is 2. The second-order valence-electron chi connectivity index (χ2n) is 9.19. The number of benzene rings is 1. The van der Waals surface area contributed by atoms with Crippen LogP contribution in [0.15, 0.2) is 82.9 Å². The van der Waals surface area contributed by atoms with Gasteiger partial charge in [-0.1, -0.05) is 94.5 Å². The van der Waals surface area contributed by atoms with Crippen LogP contribution in [0.1, 0.15) is 63.8 Å². The molecule has 0 amide bonds. The molecule has 0 saturated heterocycles. The highest BCUT2D eigenvalue weighted by Crippen LogP contribution is 2.35. The zero-order chi connectivity index (χ0) is 21.1. The van der Waals surface area contributed by atoms with E-state index in [1.807, 2.05) is 0 Å². The lowest BCUT2D eigenvalue weighted by Crippen LogP contribution is -2.07. The van der Waals surface area contributed by atoms with E-state index in [4.69, 9.17) is 4.42 Å². The predicted molar refractivity (Wildman–Crippen MR) is 124 cm³/mol. The third-order valence-electron chi connectivity index (χ3n) is 5.90. The highest BCUT2D eigenvalue weighted by atomic mass is 16.4. The van der Waals surface area contributed by atoms with Crippen molar-refractivity contribution in [2.45, 2.75) is 46.5 Å². The summed E-state index contributed by atoms with van der Waals surface area (Å²) in [7, 11) is 0. The molecule has 0 spiro atoms. The van der Waals surface area contributed by atoms with Crippen LogP contribution in [0.25, 0.3) is 11.1 Å². The largest absolute Gasteiger partial charge is 0.416 e. The first-order valence-corrected chi connectivity index (χ1v) is 10.8. The first-order valence-electron chi connectivity index (χ1n) is 10.8. The van der Waals surface area contributed by atoms with Crippen molar-refractivity contribution in [1.29, 1.82) is 0 Å². The maximum Gasteiger partial charge on any atom is 0.247 e. The summed E-state index contributed by atoms with van der Waals surface area (Å²) in [5.74, 6) is 2.00. The van der Waals surface area contributed by atoms with Gasteiger partial charge in [0, 0.05) is 11.1 Å². The predicted octanol–water partition coefficient (Wildman–Crippen LogP) is 7.15. The fourth-order valence-corrected chi connectivity index (χ4v) is 4.09. The average molecular weight is 399 g/mol. The highest BCUT2D eigenvalue weighted by Gasteiger charge is 2.22. The van der Waals surface area contributed by atoms with Crippen LogP contribution in [0.3, 0.4) is 0 Å². The van der Waals surface area contributed by atoms with Gasteiger partial charge in [-0.3, -0.25) is 0 Å². The summed E-state index contributed by atoms with van der Waals surface area (Å²) in [5, 5.41) is 8.70. The number of aromatic nitrogens is 2. The van der Waals surface area contributed by atoms with Crippen molar-refractivity contribution in [3.63, 3.8) is 0 Å². The van der Waals surface area contributed by atoms with E-state index in [0.29, 0.717) is 23.6 Å². The van der Waals surface area contributed by atoms with Crippen molar-refractivity contribution < 1.29 is 4.42 Å². The van der Waals surface area contributed by atoms with Gasteiger partial charge in [-0.25, -0.2) is 0 Å². The van der Waals surface area contributed by atoms with Gasteiger partial charge in [-0.15, -0.1) is 10.2 Å². The molecule has 0 radical (unpaired) electrons. The maximum atomic E-state index is 6.10. The van der Waals surface area contributed by atoms with E-state index in [-0.39, 0.29) is 5.41 Å². The molecule has 1 aromatic heterocycles. The van der Waals surface area contributed by atoms with E-state index in [9.17, 15) is 0 Å². The molecule has 4 rings (SSSR count). The monoisotopic (exact) mass is 398 g/mol. The third-order valence-corrected chi connectivity index (χ3v) is 5.90. The second kappa shape index (κ2) is 8.43. The van der Waals surface area contributed by atoms with E-state index >= 15 is 0 Å². The summed E-state index contributed by atoms with van der Waals surface area (Å²) >= 11 is 0. The molecule has 3 heteroatoms. The fraction of sp³-hybridized carbons (Fsp3) is 0.333. The van der Waals surface area contributed by atoms with Crippen molar-refractivity contribution in [3.8, 4) is 0 Å². The van der Waals surface area contributed by atoms with E-state index in [2.05, 4.69) is 111 Å². The quantitative estimate of drug-likeness (QED) is 0.551. The first kappa shape index (κ1) is 20.3. The van der Waals surface area contributed by atoms with Crippen molar-refractivity contribution in [3.05, 3.63) is 95.8 Å². The Kier molecular flexibility index (Phi) is 5.72. The Labute approximate surface area is 179 Å². The van der Waals surface area contributed by atoms with Gasteiger partial charge in [0.1, 0.15) is 0 Å². The Morgan fingerprint density at radius 3 is 2.37 bits per heavy atom. The van der Waals surface area contributed by atoms with Gasteiger partial charge in [-0.05, 0) is 47.3 Å². The van der Waals surface area contributed by atoms with Crippen LogP contribution in [-0.4, -0.2) is 10.2 Å². The molecule has 2 aromatic rings. The van der Waals surface area contributed by atoms with E-state index in [1.165, 1.54) is 11.1 Å². The van der Waals surface area contributed by atoms with Gasteiger partial charge in [0.05, 0.1) is 0 Å². The van der Waals surface area contributed by atoms with E-state index in [0.717, 1.165) is 24.0 Å². The lowest BCUT2D eigenvalue weighted by molar-refractivity contribution is 0.515. The fourth-order valence-electron chi connectivity index (χ4n) is 4.09. The molecule has 154 valence electrons. The maximum absolute atomic E-state index is 6.10. The molecule has 0 bridgehead atoms. The van der Waals surface area contributed by atoms with Gasteiger partial charge in [0.2, 0.25) is 11.8 Å². The SMILES string of the molecule is CC1C=C(c2nnc(C3=CCC=C(C(C)(C)C)C=C3)o2)C=CCC1c1ccccc1. The van der Waals surface area contributed by atoms with Crippen LogP contribution in [0.2, 0.25) is 0 Å². The number of hydrogen-bond donors (Lipinski definition) is 0. The van der Waals surface area contributed by atoms with Crippen LogP contribution in [0.5, 0.6) is 0 Å². The molecule has 2 aliphatic carbocycles. The molecule has 2 aliphatic rings. The second-order valence-corrected chi connectivity index (χ2v) is 9.19. The molecule has 0 aliphatic heterocycles. The zero-order valence-corrected chi connectivity index (χ0v) is 18.3. The Morgan fingerprint density at radius 2 is 1.63 bits per heavy atom. The summed E-state index contributed by atoms with van der Waals surface area (Å²) < 4.78 is 6.10. The molecule has 30 heavy (non-hydrogen) atoms. The smallest absolute Gasteiger partial charge is 0.247 e. The van der Waals surface area contributed by atoms with Crippen molar-refractivity contribution in [1.82, 2.24) is 10.2 Å². The molecule has 3 nitrogen and oxygen atoms in total. The molecular weight excluding hydrogens is 368 g/mol. The van der Waals surface area contributed by atoms with Crippen LogP contribution in [0, 0.1) is 11.3 Å². The highest BCUT2D eigenvalue weighted by molar-refractivity contribution is 5.73. The number of allylic oxidation sites excluding steroid dienone is 10. The minimum atomic E-state index is 0.126. The number of hydrogen-bond acceptors (Lipinski definition) is 3. The van der Waals surface area contributed by atoms with E-state index in [1.54, 1.807) is 0 Å². The van der Waals surface area contributed by atoms with E-state index < -0.39 is 0 Å². The normalized spacial score (nSPS) is 22.1. The molecule has 2 atom stereocenters. The minimum Gasteiger partial charge on any atom is -0.416 e. The summed E-state index contributed by atoms with van der Waals surface area (Å²) in [4.78, 5) is 0. The molecule has 1 aromatic carbocycles. The Bertz CT molecular complexity index is 1040. The molecule has 0 fully saturated rings. The third kappa shape index (κ3) is 4.46. The Balaban J connectivity index is 1.55. The summed E-state index contributed by atoms with van der Waals surface area (Å²) in [6.45, 7) is 8.95. The van der Waals surface area contributed by atoms with Crippen LogP contribution >= 0.6 is 0 Å². The van der Waals surface area contributed by atoms with Crippen LogP contribution in [-0.2, 0) is 0 Å². The van der Waals surface area contributed by atoms with Crippen molar-refractivity contribution >= 4 is 11.1 Å². The number of rotatable bonds is 3. The molecule has 0 N–H and O–H groups in total. The van der Waals surface area contributed by atoms with Crippen molar-refractivity contribution in [2.75, 3.05) is 0 Å². The van der Waals surface area contributed by atoms with Gasteiger partial charge in [0.25, 0.3) is 0 Å². The van der Waals surface area contributed by atoms with Gasteiger partial charge in [0.15, 0.2) is 0 Å². The standard InChI is InChI=1S/C27H30N2O/c1-19-18-22(13-9-15-24(19)20-10-6-5-7-11-20)26-29-28-25(30-26)21-12-8-14-23(17-16-21)27(2,3)4/h5-7,9-14,16-19,24H,8,15H2,1-4H3. The summed E-state index contributed by atoms with van der Waals surface area (Å²) in [6, 6.07) is 10.7. The van der Waals surface area contributed by atoms with Crippen LogP contribution < -0.4 is 0 Å². The molecule has 2 unspecified atom stereocenters. The average Bonchev–Trinajstić information content (AvgIpc) is 2.94. The molecule has 0 saturated carbocycles. The molecule has 1 heterocycles. The lowest BCUT2D eigenvalue weighted by Gasteiger charge is -2.19.